The maximum absolute atomic E-state index is 12.6. The van der Waals surface area contributed by atoms with Gasteiger partial charge in [-0.3, -0.25) is 4.79 Å². The lowest BCUT2D eigenvalue weighted by Crippen LogP contribution is -2.42. The van der Waals surface area contributed by atoms with Crippen molar-refractivity contribution in [1.29, 1.82) is 0 Å². The van der Waals surface area contributed by atoms with Gasteiger partial charge in [0.25, 0.3) is 0 Å². The van der Waals surface area contributed by atoms with Crippen LogP contribution in [0.15, 0.2) is 29.2 Å². The highest BCUT2D eigenvalue weighted by Gasteiger charge is 2.32. The molecule has 0 spiro atoms. The molecule has 1 rings (SSSR count). The minimum absolute atomic E-state index is 0.141. The summed E-state index contributed by atoms with van der Waals surface area (Å²) in [5.41, 5.74) is 0.422. The lowest BCUT2D eigenvalue weighted by Gasteiger charge is -2.34. The minimum Gasteiger partial charge on any atom is -0.326 e. The molecule has 5 nitrogen and oxygen atoms in total. The Morgan fingerprint density at radius 3 is 2.05 bits per heavy atom. The SMILES string of the molecule is CC(=O)Nc1ccc(S(=O)(=O)N(C)C(C)C(C)(C)C)cc1. The highest BCUT2D eigenvalue weighted by Crippen LogP contribution is 2.28. The lowest BCUT2D eigenvalue weighted by atomic mass is 9.88. The maximum Gasteiger partial charge on any atom is 0.243 e. The summed E-state index contributed by atoms with van der Waals surface area (Å²) in [6.07, 6.45) is 0. The molecule has 0 aliphatic heterocycles. The number of hydrogen-bond donors (Lipinski definition) is 1. The third kappa shape index (κ3) is 4.28. The second-order valence-corrected chi connectivity index (χ2v) is 8.27. The van der Waals surface area contributed by atoms with Gasteiger partial charge in [-0.05, 0) is 36.6 Å². The zero-order valence-electron chi connectivity index (χ0n) is 13.5. The van der Waals surface area contributed by atoms with E-state index in [1.807, 2.05) is 27.7 Å². The van der Waals surface area contributed by atoms with E-state index in [1.165, 1.54) is 23.4 Å². The molecule has 0 saturated carbocycles. The quantitative estimate of drug-likeness (QED) is 0.929. The van der Waals surface area contributed by atoms with E-state index in [1.54, 1.807) is 19.2 Å². The predicted molar refractivity (Wildman–Crippen MR) is 84.6 cm³/mol. The molecular weight excluding hydrogens is 288 g/mol. The third-order valence-corrected chi connectivity index (χ3v) is 5.59. The number of benzene rings is 1. The van der Waals surface area contributed by atoms with Gasteiger partial charge in [-0.25, -0.2) is 8.42 Å². The molecule has 1 N–H and O–H groups in total. The Balaban J connectivity index is 3.05. The van der Waals surface area contributed by atoms with Crippen LogP contribution in [-0.2, 0) is 14.8 Å². The van der Waals surface area contributed by atoms with Crippen molar-refractivity contribution in [3.05, 3.63) is 24.3 Å². The fraction of sp³-hybridized carbons (Fsp3) is 0.533. The van der Waals surface area contributed by atoms with Crippen molar-refractivity contribution >= 4 is 21.6 Å². The molecule has 21 heavy (non-hydrogen) atoms. The molecule has 0 fully saturated rings. The van der Waals surface area contributed by atoms with Crippen LogP contribution in [0.3, 0.4) is 0 Å². The summed E-state index contributed by atoms with van der Waals surface area (Å²) in [7, 11) is -1.96. The standard InChI is InChI=1S/C15H24N2O3S/c1-11(15(3,4)5)17(6)21(19,20)14-9-7-13(8-10-14)16-12(2)18/h7-11H,1-6H3,(H,16,18). The molecule has 0 aliphatic rings. The third-order valence-electron chi connectivity index (χ3n) is 3.65. The van der Waals surface area contributed by atoms with Crippen molar-refractivity contribution < 1.29 is 13.2 Å². The first-order valence-electron chi connectivity index (χ1n) is 6.82. The molecule has 0 saturated heterocycles. The average Bonchev–Trinajstić information content (AvgIpc) is 2.35. The highest BCUT2D eigenvalue weighted by molar-refractivity contribution is 7.89. The van der Waals surface area contributed by atoms with E-state index in [-0.39, 0.29) is 22.3 Å². The average molecular weight is 312 g/mol. The molecule has 0 aliphatic carbocycles. The Labute approximate surface area is 127 Å². The first-order chi connectivity index (χ1) is 9.46. The molecule has 1 amide bonds. The van der Waals surface area contributed by atoms with Gasteiger partial charge in [0.15, 0.2) is 0 Å². The fourth-order valence-electron chi connectivity index (χ4n) is 1.83. The van der Waals surface area contributed by atoms with Crippen molar-refractivity contribution in [2.24, 2.45) is 5.41 Å². The van der Waals surface area contributed by atoms with E-state index in [2.05, 4.69) is 5.32 Å². The Kier molecular flexibility index (Phi) is 5.17. The van der Waals surface area contributed by atoms with Gasteiger partial charge in [0.2, 0.25) is 15.9 Å². The van der Waals surface area contributed by atoms with Gasteiger partial charge in [-0.2, -0.15) is 4.31 Å². The molecule has 0 heterocycles. The topological polar surface area (TPSA) is 66.5 Å². The number of sulfonamides is 1. The van der Waals surface area contributed by atoms with Gasteiger partial charge >= 0.3 is 0 Å². The number of carbonyl (C=O) groups is 1. The summed E-state index contributed by atoms with van der Waals surface area (Å²) in [5, 5.41) is 2.61. The number of hydrogen-bond acceptors (Lipinski definition) is 3. The van der Waals surface area contributed by atoms with Gasteiger partial charge in [-0.15, -0.1) is 0 Å². The zero-order chi connectivity index (χ0) is 16.4. The van der Waals surface area contributed by atoms with Crippen LogP contribution < -0.4 is 5.32 Å². The van der Waals surface area contributed by atoms with E-state index in [0.717, 1.165) is 0 Å². The number of amides is 1. The van der Waals surface area contributed by atoms with Gasteiger partial charge < -0.3 is 5.32 Å². The van der Waals surface area contributed by atoms with E-state index >= 15 is 0 Å². The largest absolute Gasteiger partial charge is 0.326 e. The van der Waals surface area contributed by atoms with E-state index in [4.69, 9.17) is 0 Å². The van der Waals surface area contributed by atoms with Crippen molar-refractivity contribution in [2.45, 2.75) is 45.6 Å². The van der Waals surface area contributed by atoms with Gasteiger partial charge in [-0.1, -0.05) is 20.8 Å². The van der Waals surface area contributed by atoms with Crippen LogP contribution in [0.2, 0.25) is 0 Å². The monoisotopic (exact) mass is 312 g/mol. The van der Waals surface area contributed by atoms with Crippen LogP contribution in [0.4, 0.5) is 5.69 Å². The van der Waals surface area contributed by atoms with Crippen LogP contribution in [0.5, 0.6) is 0 Å². The van der Waals surface area contributed by atoms with E-state index < -0.39 is 10.0 Å². The van der Waals surface area contributed by atoms with Crippen molar-refractivity contribution in [2.75, 3.05) is 12.4 Å². The highest BCUT2D eigenvalue weighted by atomic mass is 32.2. The molecule has 1 unspecified atom stereocenters. The molecular formula is C15H24N2O3S. The zero-order valence-corrected chi connectivity index (χ0v) is 14.3. The van der Waals surface area contributed by atoms with Crippen LogP contribution >= 0.6 is 0 Å². The summed E-state index contributed by atoms with van der Waals surface area (Å²) in [6.45, 7) is 9.31. The second kappa shape index (κ2) is 6.15. The lowest BCUT2D eigenvalue weighted by molar-refractivity contribution is -0.114. The van der Waals surface area contributed by atoms with Crippen LogP contribution in [0.25, 0.3) is 0 Å². The normalized spacial score (nSPS) is 14.0. The summed E-state index contributed by atoms with van der Waals surface area (Å²) in [4.78, 5) is 11.2. The summed E-state index contributed by atoms with van der Waals surface area (Å²) in [5.74, 6) is -0.191. The molecule has 0 aromatic heterocycles. The number of nitrogens with zero attached hydrogens (tertiary/aromatic N) is 1. The molecule has 1 aromatic carbocycles. The Hall–Kier alpha value is -1.40. The van der Waals surface area contributed by atoms with Gasteiger partial charge in [0.1, 0.15) is 0 Å². The summed E-state index contributed by atoms with van der Waals surface area (Å²) < 4.78 is 26.6. The Morgan fingerprint density at radius 2 is 1.67 bits per heavy atom. The smallest absolute Gasteiger partial charge is 0.243 e. The van der Waals surface area contributed by atoms with Crippen LogP contribution in [-0.4, -0.2) is 31.7 Å². The van der Waals surface area contributed by atoms with Crippen LogP contribution in [0, 0.1) is 5.41 Å². The molecule has 118 valence electrons. The van der Waals surface area contributed by atoms with Gasteiger partial charge in [0.05, 0.1) is 4.90 Å². The maximum atomic E-state index is 12.6. The molecule has 0 radical (unpaired) electrons. The second-order valence-electron chi connectivity index (χ2n) is 6.27. The van der Waals surface area contributed by atoms with Gasteiger partial charge in [0, 0.05) is 25.7 Å². The number of rotatable bonds is 4. The van der Waals surface area contributed by atoms with E-state index in [0.29, 0.717) is 5.69 Å². The van der Waals surface area contributed by atoms with Crippen molar-refractivity contribution in [3.63, 3.8) is 0 Å². The minimum atomic E-state index is -3.55. The number of carbonyl (C=O) groups excluding carboxylic acids is 1. The molecule has 1 aromatic rings. The number of nitrogens with one attached hydrogen (secondary N) is 1. The van der Waals surface area contributed by atoms with Crippen molar-refractivity contribution in [1.82, 2.24) is 4.31 Å². The predicted octanol–water partition coefficient (Wildman–Crippen LogP) is 2.70. The Morgan fingerprint density at radius 1 is 1.19 bits per heavy atom. The van der Waals surface area contributed by atoms with Crippen LogP contribution in [0.1, 0.15) is 34.6 Å². The first-order valence-corrected chi connectivity index (χ1v) is 8.26. The molecule has 0 bridgehead atoms. The Bertz CT molecular complexity index is 601. The summed E-state index contributed by atoms with van der Waals surface area (Å²) in [6, 6.07) is 6.05. The summed E-state index contributed by atoms with van der Waals surface area (Å²) >= 11 is 0. The van der Waals surface area contributed by atoms with Crippen molar-refractivity contribution in [3.8, 4) is 0 Å². The molecule has 6 heteroatoms. The first kappa shape index (κ1) is 17.7. The number of anilines is 1. The van der Waals surface area contributed by atoms with E-state index in [9.17, 15) is 13.2 Å². The molecule has 1 atom stereocenters. The fourth-order valence-corrected chi connectivity index (χ4v) is 3.38.